The number of hydrogen-bond donors (Lipinski definition) is 0. The lowest BCUT2D eigenvalue weighted by molar-refractivity contribution is -0.137. The third kappa shape index (κ3) is 3.33. The molecule has 6 heteroatoms. The molecule has 3 aromatic rings. The number of alkyl halides is 3. The van der Waals surface area contributed by atoms with E-state index in [2.05, 4.69) is 0 Å². The van der Waals surface area contributed by atoms with Gasteiger partial charge in [0, 0.05) is 29.3 Å². The molecule has 0 aromatic heterocycles. The average molecular weight is 447 g/mol. The van der Waals surface area contributed by atoms with Crippen LogP contribution >= 0.6 is 0 Å². The van der Waals surface area contributed by atoms with Crippen LogP contribution in [0.2, 0.25) is 0 Å². The van der Waals surface area contributed by atoms with Crippen molar-refractivity contribution < 1.29 is 22.7 Å². The number of carbonyl (C=O) groups excluding carboxylic acids is 1. The first kappa shape index (κ1) is 21.1. The van der Waals surface area contributed by atoms with E-state index >= 15 is 0 Å². The van der Waals surface area contributed by atoms with Gasteiger partial charge in [0.05, 0.1) is 16.7 Å². The molecule has 0 spiro atoms. The molecular formula is C27H20F3NO2. The Balaban J connectivity index is 1.73. The van der Waals surface area contributed by atoms with Gasteiger partial charge in [0.25, 0.3) is 0 Å². The van der Waals surface area contributed by atoms with Gasteiger partial charge < -0.3 is 9.64 Å². The van der Waals surface area contributed by atoms with Crippen LogP contribution in [0.5, 0.6) is 0 Å². The van der Waals surface area contributed by atoms with Gasteiger partial charge in [-0.2, -0.15) is 13.2 Å². The molecule has 2 aliphatic rings. The van der Waals surface area contributed by atoms with Crippen molar-refractivity contribution in [3.05, 3.63) is 107 Å². The number of ether oxygens (including phenoxy) is 1. The second-order valence-electron chi connectivity index (χ2n) is 8.34. The molecule has 3 aromatic carbocycles. The Morgan fingerprint density at radius 3 is 2.15 bits per heavy atom. The Hall–Kier alpha value is -3.80. The zero-order valence-corrected chi connectivity index (χ0v) is 18.0. The second-order valence-corrected chi connectivity index (χ2v) is 8.34. The first-order chi connectivity index (χ1) is 15.7. The Bertz CT molecular complexity index is 1310. The highest BCUT2D eigenvalue weighted by molar-refractivity contribution is 6.18. The van der Waals surface area contributed by atoms with Crippen molar-refractivity contribution in [3.63, 3.8) is 0 Å². The number of halogens is 3. The molecule has 0 fully saturated rings. The van der Waals surface area contributed by atoms with Crippen LogP contribution in [0.25, 0.3) is 17.1 Å². The minimum Gasteiger partial charge on any atom is -0.456 e. The molecule has 166 valence electrons. The molecule has 0 radical (unpaired) electrons. The molecule has 0 N–H and O–H groups in total. The van der Waals surface area contributed by atoms with Crippen LogP contribution in [0, 0.1) is 5.41 Å². The largest absolute Gasteiger partial charge is 0.456 e. The molecular weight excluding hydrogens is 427 g/mol. The van der Waals surface area contributed by atoms with Crippen molar-refractivity contribution in [2.24, 2.45) is 5.41 Å². The maximum atomic E-state index is 13.6. The molecule has 1 atom stereocenters. The minimum atomic E-state index is -4.43. The number of para-hydroxylation sites is 1. The minimum absolute atomic E-state index is 0.141. The fourth-order valence-electron chi connectivity index (χ4n) is 4.53. The summed E-state index contributed by atoms with van der Waals surface area (Å²) in [5, 5.41) is 0. The van der Waals surface area contributed by atoms with Crippen LogP contribution < -0.4 is 4.90 Å². The summed E-state index contributed by atoms with van der Waals surface area (Å²) in [5.74, 6) is 0.719. The lowest BCUT2D eigenvalue weighted by Gasteiger charge is -2.42. The first-order valence-corrected chi connectivity index (χ1v) is 10.5. The SMILES string of the molecule is CN1C(=O)C2(C)C=C(c3ccc(C(F)(F)F)cc3)OC(c3ccccc3)=C2c2ccccc21. The normalized spacial score (nSPS) is 20.1. The standard InChI is InChI=1S/C27H20F3NO2/c1-26-16-22(17-12-14-19(15-13-17)27(28,29)30)33-24(18-8-4-3-5-9-18)23(26)20-10-6-7-11-21(20)31(2)25(26)32/h3-16H,1-2H3. The van der Waals surface area contributed by atoms with Crippen molar-refractivity contribution in [1.82, 2.24) is 0 Å². The zero-order chi connectivity index (χ0) is 23.4. The number of anilines is 1. The van der Waals surface area contributed by atoms with Gasteiger partial charge in [-0.3, -0.25) is 4.79 Å². The first-order valence-electron chi connectivity index (χ1n) is 10.5. The smallest absolute Gasteiger partial charge is 0.416 e. The van der Waals surface area contributed by atoms with Gasteiger partial charge in [-0.05, 0) is 31.2 Å². The Morgan fingerprint density at radius 2 is 1.48 bits per heavy atom. The average Bonchev–Trinajstić information content (AvgIpc) is 2.82. The summed E-state index contributed by atoms with van der Waals surface area (Å²) in [6, 6.07) is 21.8. The van der Waals surface area contributed by atoms with Crippen LogP contribution in [0.4, 0.5) is 18.9 Å². The number of nitrogens with zero attached hydrogens (tertiary/aromatic N) is 1. The van der Waals surface area contributed by atoms with Gasteiger partial charge in [0.2, 0.25) is 5.91 Å². The second kappa shape index (κ2) is 7.37. The van der Waals surface area contributed by atoms with Crippen LogP contribution in [-0.2, 0) is 15.7 Å². The van der Waals surface area contributed by atoms with E-state index in [9.17, 15) is 18.0 Å². The Morgan fingerprint density at radius 1 is 0.848 bits per heavy atom. The number of amides is 1. The Labute approximate surface area is 189 Å². The molecule has 5 rings (SSSR count). The summed E-state index contributed by atoms with van der Waals surface area (Å²) in [5.41, 5.74) is 1.83. The lowest BCUT2D eigenvalue weighted by atomic mass is 9.71. The van der Waals surface area contributed by atoms with Crippen LogP contribution in [0.15, 0.2) is 84.9 Å². The van der Waals surface area contributed by atoms with E-state index in [0.717, 1.165) is 34.5 Å². The summed E-state index contributed by atoms with van der Waals surface area (Å²) in [6.07, 6.45) is -2.72. The van der Waals surface area contributed by atoms with E-state index in [1.54, 1.807) is 18.0 Å². The molecule has 0 saturated heterocycles. The molecule has 0 saturated carbocycles. The van der Waals surface area contributed by atoms with Gasteiger partial charge in [-0.25, -0.2) is 0 Å². The van der Waals surface area contributed by atoms with Gasteiger partial charge >= 0.3 is 6.18 Å². The highest BCUT2D eigenvalue weighted by atomic mass is 19.4. The van der Waals surface area contributed by atoms with Crippen molar-refractivity contribution in [2.75, 3.05) is 11.9 Å². The van der Waals surface area contributed by atoms with Crippen molar-refractivity contribution in [3.8, 4) is 0 Å². The van der Waals surface area contributed by atoms with Gasteiger partial charge in [0.1, 0.15) is 11.5 Å². The van der Waals surface area contributed by atoms with Crippen LogP contribution in [-0.4, -0.2) is 13.0 Å². The summed E-state index contributed by atoms with van der Waals surface area (Å²) in [6.45, 7) is 1.83. The fraction of sp³-hybridized carbons (Fsp3) is 0.148. The van der Waals surface area contributed by atoms with E-state index in [1.165, 1.54) is 12.1 Å². The predicted molar refractivity (Wildman–Crippen MR) is 122 cm³/mol. The highest BCUT2D eigenvalue weighted by Gasteiger charge is 2.48. The number of benzene rings is 3. The quantitative estimate of drug-likeness (QED) is 0.441. The maximum absolute atomic E-state index is 13.6. The topological polar surface area (TPSA) is 29.5 Å². The number of hydrogen-bond acceptors (Lipinski definition) is 2. The fourth-order valence-corrected chi connectivity index (χ4v) is 4.53. The number of carbonyl (C=O) groups is 1. The summed E-state index contributed by atoms with van der Waals surface area (Å²) in [4.78, 5) is 15.2. The third-order valence-corrected chi connectivity index (χ3v) is 6.19. The number of rotatable bonds is 2. The highest BCUT2D eigenvalue weighted by Crippen LogP contribution is 2.54. The monoisotopic (exact) mass is 447 g/mol. The third-order valence-electron chi connectivity index (χ3n) is 6.19. The van der Waals surface area contributed by atoms with Crippen molar-refractivity contribution >= 4 is 28.7 Å². The summed E-state index contributed by atoms with van der Waals surface area (Å²) >= 11 is 0. The molecule has 2 heterocycles. The van der Waals surface area contributed by atoms with E-state index in [-0.39, 0.29) is 5.91 Å². The molecule has 33 heavy (non-hydrogen) atoms. The van der Waals surface area contributed by atoms with Crippen molar-refractivity contribution in [2.45, 2.75) is 13.1 Å². The molecule has 0 bridgehead atoms. The van der Waals surface area contributed by atoms with E-state index < -0.39 is 17.2 Å². The zero-order valence-electron chi connectivity index (χ0n) is 18.0. The lowest BCUT2D eigenvalue weighted by Crippen LogP contribution is -2.45. The van der Waals surface area contributed by atoms with Crippen molar-refractivity contribution in [1.29, 1.82) is 0 Å². The molecule has 2 aliphatic heterocycles. The van der Waals surface area contributed by atoms with Gasteiger partial charge in [-0.1, -0.05) is 60.7 Å². The Kier molecular flexibility index (Phi) is 4.71. The van der Waals surface area contributed by atoms with Crippen LogP contribution in [0.1, 0.15) is 29.2 Å². The van der Waals surface area contributed by atoms with Crippen LogP contribution in [0.3, 0.4) is 0 Å². The molecule has 1 amide bonds. The van der Waals surface area contributed by atoms with E-state index in [1.807, 2.05) is 61.5 Å². The van der Waals surface area contributed by atoms with E-state index in [0.29, 0.717) is 17.1 Å². The number of fused-ring (bicyclic) bond motifs is 3. The van der Waals surface area contributed by atoms with Gasteiger partial charge in [0.15, 0.2) is 0 Å². The summed E-state index contributed by atoms with van der Waals surface area (Å²) < 4.78 is 45.5. The molecule has 3 nitrogen and oxygen atoms in total. The summed E-state index contributed by atoms with van der Waals surface area (Å²) in [7, 11) is 1.73. The maximum Gasteiger partial charge on any atom is 0.416 e. The predicted octanol–water partition coefficient (Wildman–Crippen LogP) is 6.63. The van der Waals surface area contributed by atoms with Gasteiger partial charge in [-0.15, -0.1) is 0 Å². The molecule has 0 aliphatic carbocycles. The van der Waals surface area contributed by atoms with E-state index in [4.69, 9.17) is 4.74 Å². The molecule has 1 unspecified atom stereocenters.